The standard InChI is InChI=1S/C28H33ClF2N6O7S/c29-24-11-18(28(30,31)17-3-5-35(6-4-17)26(39)14-32)12-25(33-24)34-7-9-36(10-8-34)45(41,42)19-1-2-20-22(13-19)43-16-21-23(15-38)44-27(40)37(20)21/h1-2,11-13,17,21,23,38H,3-10,14-16,32H2/t21-,23+/m1/s1. The Morgan fingerprint density at radius 3 is 2.49 bits per heavy atom. The van der Waals surface area contributed by atoms with E-state index in [0.29, 0.717) is 5.69 Å². The minimum Gasteiger partial charge on any atom is -0.489 e. The summed E-state index contributed by atoms with van der Waals surface area (Å²) in [6.07, 6.45) is -1.16. The van der Waals surface area contributed by atoms with Gasteiger partial charge in [-0.05, 0) is 37.1 Å². The Morgan fingerprint density at radius 2 is 1.82 bits per heavy atom. The number of anilines is 2. The van der Waals surface area contributed by atoms with Crippen molar-refractivity contribution in [1.82, 2.24) is 14.2 Å². The molecule has 1 aromatic heterocycles. The number of benzene rings is 1. The molecule has 13 nitrogen and oxygen atoms in total. The summed E-state index contributed by atoms with van der Waals surface area (Å²) in [5.41, 5.74) is 5.48. The summed E-state index contributed by atoms with van der Waals surface area (Å²) in [6, 6.07) is 6.14. The van der Waals surface area contributed by atoms with Crippen LogP contribution in [0.4, 0.5) is 25.1 Å². The van der Waals surface area contributed by atoms with Crippen LogP contribution in [0.3, 0.4) is 0 Å². The SMILES string of the molecule is NCC(=O)N1CCC(C(F)(F)c2cc(Cl)nc(N3CCN(S(=O)(=O)c4ccc5c(c4)OC[C@@H]4[C@H](CO)OC(=O)N54)CC3)c2)CC1. The highest BCUT2D eigenvalue weighted by Crippen LogP contribution is 2.43. The molecule has 0 aliphatic carbocycles. The molecule has 3 saturated heterocycles. The van der Waals surface area contributed by atoms with Gasteiger partial charge in [0, 0.05) is 56.8 Å². The zero-order valence-corrected chi connectivity index (χ0v) is 25.7. The number of piperidine rings is 1. The number of aliphatic hydroxyl groups excluding tert-OH is 1. The number of hydrogen-bond acceptors (Lipinski definition) is 10. The van der Waals surface area contributed by atoms with E-state index in [9.17, 15) is 23.1 Å². The first-order valence-corrected chi connectivity index (χ1v) is 16.4. The van der Waals surface area contributed by atoms with Gasteiger partial charge in [-0.3, -0.25) is 9.69 Å². The Bertz CT molecular complexity index is 1580. The molecule has 0 radical (unpaired) electrons. The number of sulfonamides is 1. The Morgan fingerprint density at radius 1 is 1.11 bits per heavy atom. The van der Waals surface area contributed by atoms with Gasteiger partial charge in [-0.2, -0.15) is 4.31 Å². The molecule has 2 atom stereocenters. The fraction of sp³-hybridized carbons (Fsp3) is 0.536. The summed E-state index contributed by atoms with van der Waals surface area (Å²) >= 11 is 6.20. The van der Waals surface area contributed by atoms with Gasteiger partial charge in [-0.1, -0.05) is 11.6 Å². The van der Waals surface area contributed by atoms with Crippen molar-refractivity contribution in [2.45, 2.75) is 35.8 Å². The molecule has 2 amide bonds. The maximum Gasteiger partial charge on any atom is 0.415 e. The molecule has 3 N–H and O–H groups in total. The minimum atomic E-state index is -3.97. The van der Waals surface area contributed by atoms with Gasteiger partial charge in [0.2, 0.25) is 15.9 Å². The largest absolute Gasteiger partial charge is 0.489 e. The molecular weight excluding hydrogens is 638 g/mol. The number of carbonyl (C=O) groups excluding carboxylic acids is 2. The van der Waals surface area contributed by atoms with Crippen molar-refractivity contribution in [2.24, 2.45) is 11.7 Å². The lowest BCUT2D eigenvalue weighted by molar-refractivity contribution is -0.135. The van der Waals surface area contributed by atoms with Gasteiger partial charge < -0.3 is 30.1 Å². The van der Waals surface area contributed by atoms with E-state index in [1.165, 1.54) is 38.4 Å². The second-order valence-electron chi connectivity index (χ2n) is 11.4. The number of halogens is 3. The Balaban J connectivity index is 1.13. The molecule has 244 valence electrons. The van der Waals surface area contributed by atoms with E-state index in [1.807, 2.05) is 0 Å². The number of alkyl halides is 2. The predicted octanol–water partition coefficient (Wildman–Crippen LogP) is 1.61. The highest BCUT2D eigenvalue weighted by molar-refractivity contribution is 7.89. The second kappa shape index (κ2) is 12.1. The second-order valence-corrected chi connectivity index (χ2v) is 13.7. The van der Waals surface area contributed by atoms with Crippen molar-refractivity contribution in [3.8, 4) is 5.75 Å². The van der Waals surface area contributed by atoms with Gasteiger partial charge in [-0.15, -0.1) is 0 Å². The minimum absolute atomic E-state index is 0.0264. The highest BCUT2D eigenvalue weighted by atomic mass is 35.5. The zero-order chi connectivity index (χ0) is 32.1. The zero-order valence-electron chi connectivity index (χ0n) is 24.1. The van der Waals surface area contributed by atoms with Crippen molar-refractivity contribution < 1.29 is 41.4 Å². The Kier molecular flexibility index (Phi) is 8.54. The van der Waals surface area contributed by atoms with Gasteiger partial charge >= 0.3 is 6.09 Å². The number of ether oxygens (including phenoxy) is 2. The number of amides is 2. The lowest BCUT2D eigenvalue weighted by Gasteiger charge is -2.37. The summed E-state index contributed by atoms with van der Waals surface area (Å²) < 4.78 is 70.7. The third-order valence-corrected chi connectivity index (χ3v) is 11.0. The molecule has 5 heterocycles. The molecular formula is C28H33ClF2N6O7S. The van der Waals surface area contributed by atoms with Crippen molar-refractivity contribution in [1.29, 1.82) is 0 Å². The highest BCUT2D eigenvalue weighted by Gasteiger charge is 2.47. The van der Waals surface area contributed by atoms with Crippen molar-refractivity contribution in [2.75, 3.05) is 68.8 Å². The molecule has 6 rings (SSSR count). The predicted molar refractivity (Wildman–Crippen MR) is 158 cm³/mol. The van der Waals surface area contributed by atoms with E-state index in [-0.39, 0.29) is 105 Å². The van der Waals surface area contributed by atoms with Crippen LogP contribution in [0.15, 0.2) is 35.2 Å². The summed E-state index contributed by atoms with van der Waals surface area (Å²) in [4.78, 5) is 33.0. The number of hydrogen-bond donors (Lipinski definition) is 2. The Hall–Kier alpha value is -3.31. The molecule has 45 heavy (non-hydrogen) atoms. The number of carbonyl (C=O) groups is 2. The molecule has 0 bridgehead atoms. The van der Waals surface area contributed by atoms with Crippen LogP contribution in [-0.4, -0.2) is 111 Å². The van der Waals surface area contributed by atoms with Crippen LogP contribution in [0, 0.1) is 5.92 Å². The topological polar surface area (TPSA) is 159 Å². The van der Waals surface area contributed by atoms with Crippen LogP contribution < -0.4 is 20.3 Å². The van der Waals surface area contributed by atoms with Crippen molar-refractivity contribution in [3.05, 3.63) is 41.0 Å². The third kappa shape index (κ3) is 5.78. The number of pyridine rings is 1. The van der Waals surface area contributed by atoms with E-state index in [2.05, 4.69) is 4.98 Å². The van der Waals surface area contributed by atoms with Crippen molar-refractivity contribution >= 4 is 45.1 Å². The summed E-state index contributed by atoms with van der Waals surface area (Å²) in [5, 5.41) is 9.40. The number of nitrogens with two attached hydrogens (primary N) is 1. The first-order valence-electron chi connectivity index (χ1n) is 14.6. The van der Waals surface area contributed by atoms with Gasteiger partial charge in [-0.25, -0.2) is 27.0 Å². The van der Waals surface area contributed by atoms with Gasteiger partial charge in [0.15, 0.2) is 6.10 Å². The summed E-state index contributed by atoms with van der Waals surface area (Å²) in [5.74, 6) is -4.05. The van der Waals surface area contributed by atoms with Gasteiger partial charge in [0.05, 0.1) is 23.7 Å². The molecule has 1 aromatic carbocycles. The molecule has 17 heteroatoms. The van der Waals surface area contributed by atoms with Crippen LogP contribution in [0.2, 0.25) is 5.15 Å². The average Bonchev–Trinajstić information content (AvgIpc) is 3.39. The average molecular weight is 671 g/mol. The smallest absolute Gasteiger partial charge is 0.415 e. The number of aromatic nitrogens is 1. The van der Waals surface area contributed by atoms with Crippen LogP contribution in [-0.2, 0) is 25.5 Å². The maximum absolute atomic E-state index is 15.7. The third-order valence-electron chi connectivity index (χ3n) is 8.89. The number of nitrogens with zero attached hydrogens (tertiary/aromatic N) is 5. The maximum atomic E-state index is 15.7. The van der Waals surface area contributed by atoms with E-state index >= 15 is 8.78 Å². The van der Waals surface area contributed by atoms with Crippen LogP contribution in [0.1, 0.15) is 18.4 Å². The number of fused-ring (bicyclic) bond motifs is 3. The quantitative estimate of drug-likeness (QED) is 0.415. The Labute approximate surface area is 263 Å². The number of piperazine rings is 1. The first-order chi connectivity index (χ1) is 21.4. The lowest BCUT2D eigenvalue weighted by Crippen LogP contribution is -2.49. The number of rotatable bonds is 7. The van der Waals surface area contributed by atoms with Gasteiger partial charge in [0.1, 0.15) is 29.4 Å². The van der Waals surface area contributed by atoms with Crippen LogP contribution in [0.25, 0.3) is 0 Å². The van der Waals surface area contributed by atoms with Crippen molar-refractivity contribution in [3.63, 3.8) is 0 Å². The van der Waals surface area contributed by atoms with Crippen LogP contribution >= 0.6 is 11.6 Å². The fourth-order valence-electron chi connectivity index (χ4n) is 6.33. The molecule has 4 aliphatic heterocycles. The number of cyclic esters (lactones) is 1. The molecule has 0 saturated carbocycles. The van der Waals surface area contributed by atoms with E-state index < -0.39 is 40.1 Å². The first kappa shape index (κ1) is 31.7. The molecule has 0 unspecified atom stereocenters. The molecule has 4 aliphatic rings. The molecule has 0 spiro atoms. The molecule has 2 aromatic rings. The summed E-state index contributed by atoms with van der Waals surface area (Å²) in [6.45, 7) is 0.395. The number of aliphatic hydroxyl groups is 1. The van der Waals surface area contributed by atoms with E-state index in [0.717, 1.165) is 6.07 Å². The van der Waals surface area contributed by atoms with E-state index in [4.69, 9.17) is 26.8 Å². The summed E-state index contributed by atoms with van der Waals surface area (Å²) in [7, 11) is -3.97. The normalized spacial score (nSPS) is 23.0. The number of likely N-dealkylation sites (tertiary alicyclic amines) is 1. The van der Waals surface area contributed by atoms with Crippen LogP contribution in [0.5, 0.6) is 5.75 Å². The monoisotopic (exact) mass is 670 g/mol. The fourth-order valence-corrected chi connectivity index (χ4v) is 7.97. The van der Waals surface area contributed by atoms with E-state index in [1.54, 1.807) is 4.90 Å². The lowest BCUT2D eigenvalue weighted by atomic mass is 9.86. The molecule has 3 fully saturated rings. The van der Waals surface area contributed by atoms with Gasteiger partial charge in [0.25, 0.3) is 5.92 Å².